The molecule has 1 saturated carbocycles. The highest BCUT2D eigenvalue weighted by Gasteiger charge is 2.58. The Kier molecular flexibility index (Phi) is 5.71. The van der Waals surface area contributed by atoms with Crippen LogP contribution in [0.5, 0.6) is 0 Å². The van der Waals surface area contributed by atoms with Gasteiger partial charge >= 0.3 is 0 Å². The largest absolute Gasteiger partial charge is 0.389 e. The summed E-state index contributed by atoms with van der Waals surface area (Å²) < 4.78 is 0. The zero-order valence-electron chi connectivity index (χ0n) is 15.4. The summed E-state index contributed by atoms with van der Waals surface area (Å²) >= 11 is 0. The summed E-state index contributed by atoms with van der Waals surface area (Å²) in [6, 6.07) is 0. The molecule has 0 radical (unpaired) electrons. The first kappa shape index (κ1) is 20.0. The van der Waals surface area contributed by atoms with Gasteiger partial charge in [-0.25, -0.2) is 0 Å². The minimum absolute atomic E-state index is 0.0675. The van der Waals surface area contributed by atoms with Crippen LogP contribution in [0.2, 0.25) is 0 Å². The molecule has 0 aromatic rings. The van der Waals surface area contributed by atoms with Gasteiger partial charge in [0.25, 0.3) is 0 Å². The summed E-state index contributed by atoms with van der Waals surface area (Å²) in [5.74, 6) is -0.820. The Bertz CT molecular complexity index is 603. The predicted octanol–water partition coefficient (Wildman–Crippen LogP) is 2.09. The number of carbonyl (C=O) groups is 2. The molecule has 140 valence electrons. The number of aliphatic hydroxyl groups excluding tert-OH is 2. The Morgan fingerprint density at radius 3 is 2.48 bits per heavy atom. The molecule has 0 aromatic heterocycles. The van der Waals surface area contributed by atoms with Crippen molar-refractivity contribution in [2.24, 2.45) is 11.3 Å². The van der Waals surface area contributed by atoms with Crippen molar-refractivity contribution in [1.29, 1.82) is 0 Å². The van der Waals surface area contributed by atoms with E-state index in [-0.39, 0.29) is 24.5 Å². The minimum Gasteiger partial charge on any atom is -0.389 e. The Morgan fingerprint density at radius 2 is 1.84 bits per heavy atom. The molecule has 2 aliphatic carbocycles. The van der Waals surface area contributed by atoms with Gasteiger partial charge in [0, 0.05) is 24.7 Å². The molecule has 5 nitrogen and oxygen atoms in total. The van der Waals surface area contributed by atoms with Crippen LogP contribution in [0.25, 0.3) is 0 Å². The average Bonchev–Trinajstić information content (AvgIpc) is 2.47. The lowest BCUT2D eigenvalue weighted by atomic mass is 9.55. The number of Topliss-reactive ketones (excluding diaryl/α,β-unsaturated/α-hetero) is 2. The lowest BCUT2D eigenvalue weighted by molar-refractivity contribution is -0.193. The topological polar surface area (TPSA) is 94.8 Å². The fourth-order valence-corrected chi connectivity index (χ4v) is 4.26. The summed E-state index contributed by atoms with van der Waals surface area (Å²) in [6.45, 7) is 9.36. The lowest BCUT2D eigenvalue weighted by Gasteiger charge is -2.52. The third-order valence-corrected chi connectivity index (χ3v) is 6.11. The molecular formula is C20H30O5. The van der Waals surface area contributed by atoms with Crippen molar-refractivity contribution >= 4 is 11.6 Å². The minimum atomic E-state index is -1.78. The van der Waals surface area contributed by atoms with Gasteiger partial charge in [0.15, 0.2) is 5.78 Å². The maximum absolute atomic E-state index is 12.5. The molecule has 5 heteroatoms. The number of allylic oxidation sites excluding steroid dienone is 1. The van der Waals surface area contributed by atoms with E-state index in [1.165, 1.54) is 0 Å². The second-order valence-corrected chi connectivity index (χ2v) is 8.38. The molecule has 1 fully saturated rings. The molecule has 0 saturated heterocycles. The zero-order valence-corrected chi connectivity index (χ0v) is 15.4. The highest BCUT2D eigenvalue weighted by atomic mass is 16.4. The molecule has 2 rings (SSSR count). The van der Waals surface area contributed by atoms with E-state index in [0.29, 0.717) is 31.3 Å². The van der Waals surface area contributed by atoms with E-state index in [4.69, 9.17) is 0 Å². The van der Waals surface area contributed by atoms with Gasteiger partial charge < -0.3 is 15.3 Å². The van der Waals surface area contributed by atoms with Gasteiger partial charge in [0.2, 0.25) is 0 Å². The summed E-state index contributed by atoms with van der Waals surface area (Å²) in [4.78, 5) is 24.8. The first-order chi connectivity index (χ1) is 11.5. The second-order valence-electron chi connectivity index (χ2n) is 8.38. The fraction of sp³-hybridized carbons (Fsp3) is 0.700. The number of rotatable bonds is 0. The van der Waals surface area contributed by atoms with Crippen LogP contribution in [0, 0.1) is 11.3 Å². The summed E-state index contributed by atoms with van der Waals surface area (Å²) in [5.41, 5.74) is -1.07. The Labute approximate surface area is 149 Å². The van der Waals surface area contributed by atoms with Crippen LogP contribution in [0.15, 0.2) is 23.8 Å². The summed E-state index contributed by atoms with van der Waals surface area (Å²) in [7, 11) is 0. The van der Waals surface area contributed by atoms with Crippen LogP contribution in [0.4, 0.5) is 0 Å². The highest BCUT2D eigenvalue weighted by Crippen LogP contribution is 2.50. The second kappa shape index (κ2) is 7.14. The highest BCUT2D eigenvalue weighted by molar-refractivity contribution is 5.89. The van der Waals surface area contributed by atoms with Crippen LogP contribution in [0.3, 0.4) is 0 Å². The van der Waals surface area contributed by atoms with E-state index in [2.05, 4.69) is 6.58 Å². The summed E-state index contributed by atoms with van der Waals surface area (Å²) in [6.07, 6.45) is 0.941. The van der Waals surface area contributed by atoms with Crippen molar-refractivity contribution in [3.8, 4) is 0 Å². The monoisotopic (exact) mass is 350 g/mol. The van der Waals surface area contributed by atoms with E-state index < -0.39 is 29.0 Å². The third-order valence-electron chi connectivity index (χ3n) is 6.11. The number of carbonyl (C=O) groups excluding carboxylic acids is 2. The first-order valence-electron chi connectivity index (χ1n) is 8.94. The molecule has 25 heavy (non-hydrogen) atoms. The smallest absolute Gasteiger partial charge is 0.168 e. The average molecular weight is 350 g/mol. The predicted molar refractivity (Wildman–Crippen MR) is 94.8 cm³/mol. The first-order valence-corrected chi connectivity index (χ1v) is 8.94. The number of aliphatic hydroxyl groups is 3. The van der Waals surface area contributed by atoms with E-state index in [0.717, 1.165) is 5.57 Å². The van der Waals surface area contributed by atoms with Gasteiger partial charge in [0.1, 0.15) is 17.5 Å². The SMILES string of the molecule is C=C1CCC2CC(=O)CC(O)(C(O)C(=O)CC(C)=CC(O)C1)C2(C)C. The Balaban J connectivity index is 2.45. The quantitative estimate of drug-likeness (QED) is 0.582. The normalized spacial score (nSPS) is 37.6. The molecule has 0 spiro atoms. The number of ketones is 2. The van der Waals surface area contributed by atoms with Crippen molar-refractivity contribution in [2.45, 2.75) is 77.1 Å². The van der Waals surface area contributed by atoms with Gasteiger partial charge in [-0.2, -0.15) is 0 Å². The van der Waals surface area contributed by atoms with Gasteiger partial charge in [-0.3, -0.25) is 9.59 Å². The van der Waals surface area contributed by atoms with E-state index in [1.54, 1.807) is 13.0 Å². The van der Waals surface area contributed by atoms with Crippen LogP contribution in [-0.2, 0) is 9.59 Å². The van der Waals surface area contributed by atoms with Crippen molar-refractivity contribution in [1.82, 2.24) is 0 Å². The number of hydrogen-bond donors (Lipinski definition) is 3. The molecule has 3 N–H and O–H groups in total. The van der Waals surface area contributed by atoms with Crippen molar-refractivity contribution < 1.29 is 24.9 Å². The maximum Gasteiger partial charge on any atom is 0.168 e. The van der Waals surface area contributed by atoms with Crippen LogP contribution >= 0.6 is 0 Å². The number of fused-ring (bicyclic) bond motifs is 2. The van der Waals surface area contributed by atoms with Crippen molar-refractivity contribution in [2.75, 3.05) is 0 Å². The van der Waals surface area contributed by atoms with Crippen molar-refractivity contribution in [3.63, 3.8) is 0 Å². The van der Waals surface area contributed by atoms with Crippen LogP contribution in [-0.4, -0.2) is 44.7 Å². The Morgan fingerprint density at radius 1 is 1.20 bits per heavy atom. The molecule has 2 bridgehead atoms. The standard InChI is InChI=1S/C20H30O5/c1-12-5-6-14-10-16(22)11-20(25,19(14,3)4)18(24)17(23)9-13(2)8-15(21)7-12/h8,14-15,18,21,24-25H,1,5-7,9-11H2,2-4H3. The van der Waals surface area contributed by atoms with Crippen LogP contribution in [0.1, 0.15) is 59.3 Å². The Hall–Kier alpha value is -1.30. The van der Waals surface area contributed by atoms with Crippen molar-refractivity contribution in [3.05, 3.63) is 23.8 Å². The molecule has 4 unspecified atom stereocenters. The lowest BCUT2D eigenvalue weighted by Crippen LogP contribution is -2.63. The van der Waals surface area contributed by atoms with E-state index in [1.807, 2.05) is 13.8 Å². The molecule has 0 aromatic carbocycles. The number of hydrogen-bond acceptors (Lipinski definition) is 5. The van der Waals surface area contributed by atoms with E-state index >= 15 is 0 Å². The van der Waals surface area contributed by atoms with Gasteiger partial charge in [-0.1, -0.05) is 37.6 Å². The molecule has 0 amide bonds. The fourth-order valence-electron chi connectivity index (χ4n) is 4.26. The van der Waals surface area contributed by atoms with Crippen LogP contribution < -0.4 is 0 Å². The molecule has 0 aliphatic heterocycles. The molecule has 4 atom stereocenters. The zero-order chi connectivity index (χ0) is 19.0. The maximum atomic E-state index is 12.5. The summed E-state index contributed by atoms with van der Waals surface area (Å²) in [5, 5.41) is 32.0. The van der Waals surface area contributed by atoms with Gasteiger partial charge in [-0.15, -0.1) is 0 Å². The molecule has 2 aliphatic rings. The van der Waals surface area contributed by atoms with Gasteiger partial charge in [-0.05, 0) is 32.1 Å². The molecular weight excluding hydrogens is 320 g/mol. The molecule has 0 heterocycles. The van der Waals surface area contributed by atoms with Gasteiger partial charge in [0.05, 0.1) is 6.10 Å². The van der Waals surface area contributed by atoms with E-state index in [9.17, 15) is 24.9 Å². The third kappa shape index (κ3) is 3.94.